The van der Waals surface area contributed by atoms with Crippen molar-refractivity contribution in [1.29, 1.82) is 0 Å². The molecule has 0 aromatic heterocycles. The van der Waals surface area contributed by atoms with E-state index in [1.54, 1.807) is 17.0 Å². The number of nitrogens with zero attached hydrogens (tertiary/aromatic N) is 4. The Labute approximate surface area is 226 Å². The summed E-state index contributed by atoms with van der Waals surface area (Å²) in [5.74, 6) is 0.232. The van der Waals surface area contributed by atoms with Crippen molar-refractivity contribution in [3.8, 4) is 0 Å². The van der Waals surface area contributed by atoms with Crippen LogP contribution >= 0.6 is 0 Å². The van der Waals surface area contributed by atoms with Gasteiger partial charge in [-0.25, -0.2) is 0 Å². The Kier molecular flexibility index (Phi) is 7.68. The third kappa shape index (κ3) is 4.90. The van der Waals surface area contributed by atoms with Crippen LogP contribution in [0.25, 0.3) is 0 Å². The van der Waals surface area contributed by atoms with Gasteiger partial charge in [-0.3, -0.25) is 29.1 Å². The third-order valence-corrected chi connectivity index (χ3v) is 9.05. The second-order valence-electron chi connectivity index (χ2n) is 11.2. The summed E-state index contributed by atoms with van der Waals surface area (Å²) in [6.07, 6.45) is 11.1. The van der Waals surface area contributed by atoms with Gasteiger partial charge in [0.25, 0.3) is 0 Å². The summed E-state index contributed by atoms with van der Waals surface area (Å²) in [4.78, 5) is 47.4. The van der Waals surface area contributed by atoms with Crippen molar-refractivity contribution in [2.24, 2.45) is 5.41 Å². The number of rotatable bonds is 6. The molecular weight excluding hydrogens is 476 g/mol. The highest BCUT2D eigenvalue weighted by Gasteiger charge is 2.53. The second kappa shape index (κ2) is 11.0. The lowest BCUT2D eigenvalue weighted by atomic mass is 9.73. The zero-order valence-electron chi connectivity index (χ0n) is 22.8. The number of ketones is 1. The minimum atomic E-state index is -0.666. The van der Waals surface area contributed by atoms with Crippen LogP contribution in [0.15, 0.2) is 60.3 Å². The summed E-state index contributed by atoms with van der Waals surface area (Å²) in [6.45, 7) is 13.3. The molecule has 0 atom stereocenters. The number of carbonyl (C=O) groups excluding carboxylic acids is 3. The number of allylic oxidation sites excluding steroid dienone is 4. The number of Topliss-reactive ketones (excluding diaryl/α,β-unsaturated/α-hetero) is 1. The molecule has 1 spiro atoms. The molecule has 1 saturated carbocycles. The van der Waals surface area contributed by atoms with Gasteiger partial charge in [0, 0.05) is 56.6 Å². The Bertz CT molecular complexity index is 1150. The summed E-state index contributed by atoms with van der Waals surface area (Å²) >= 11 is 0. The van der Waals surface area contributed by atoms with Crippen molar-refractivity contribution in [2.75, 3.05) is 50.7 Å². The normalized spacial score (nSPS) is 24.1. The highest BCUT2D eigenvalue weighted by molar-refractivity contribution is 6.08. The summed E-state index contributed by atoms with van der Waals surface area (Å²) in [6, 6.07) is 7.95. The topological polar surface area (TPSA) is 64.2 Å². The van der Waals surface area contributed by atoms with Gasteiger partial charge >= 0.3 is 0 Å². The molecule has 38 heavy (non-hydrogen) atoms. The molecule has 4 fully saturated rings. The molecule has 1 aromatic carbocycles. The van der Waals surface area contributed by atoms with E-state index in [0.29, 0.717) is 38.0 Å². The lowest BCUT2D eigenvalue weighted by Crippen LogP contribution is -2.55. The molecule has 0 unspecified atom stereocenters. The van der Waals surface area contributed by atoms with Crippen molar-refractivity contribution in [2.45, 2.75) is 52.0 Å². The molecule has 3 saturated heterocycles. The van der Waals surface area contributed by atoms with Gasteiger partial charge in [-0.15, -0.1) is 0 Å². The van der Waals surface area contributed by atoms with Crippen LogP contribution < -0.4 is 4.90 Å². The van der Waals surface area contributed by atoms with Gasteiger partial charge in [-0.05, 0) is 75.4 Å². The fourth-order valence-corrected chi connectivity index (χ4v) is 6.28. The van der Waals surface area contributed by atoms with Gasteiger partial charge in [-0.1, -0.05) is 25.2 Å². The lowest BCUT2D eigenvalue weighted by molar-refractivity contribution is -0.135. The maximum atomic E-state index is 14.0. The second-order valence-corrected chi connectivity index (χ2v) is 11.2. The average molecular weight is 517 g/mol. The van der Waals surface area contributed by atoms with E-state index in [1.807, 2.05) is 42.2 Å². The predicted octanol–water partition coefficient (Wildman–Crippen LogP) is 4.03. The first kappa shape index (κ1) is 26.6. The molecule has 7 heteroatoms. The van der Waals surface area contributed by atoms with Crippen molar-refractivity contribution >= 4 is 23.3 Å². The molecule has 1 aliphatic carbocycles. The van der Waals surface area contributed by atoms with Crippen LogP contribution in [0.3, 0.4) is 0 Å². The van der Waals surface area contributed by atoms with Gasteiger partial charge in [0.15, 0.2) is 5.78 Å². The molecule has 0 bridgehead atoms. The zero-order valence-corrected chi connectivity index (χ0v) is 22.8. The summed E-state index contributed by atoms with van der Waals surface area (Å²) in [7, 11) is 0. The average Bonchev–Trinajstić information content (AvgIpc) is 3.09. The van der Waals surface area contributed by atoms with E-state index in [-0.39, 0.29) is 17.6 Å². The monoisotopic (exact) mass is 516 g/mol. The van der Waals surface area contributed by atoms with Crippen LogP contribution in [0, 0.1) is 5.41 Å². The molecule has 3 aliphatic heterocycles. The molecule has 0 N–H and O–H groups in total. The summed E-state index contributed by atoms with van der Waals surface area (Å²) in [5, 5.41) is 0. The first-order valence-electron chi connectivity index (χ1n) is 14.1. The summed E-state index contributed by atoms with van der Waals surface area (Å²) < 4.78 is 0. The highest BCUT2D eigenvalue weighted by Crippen LogP contribution is 2.51. The number of piperazine rings is 1. The van der Waals surface area contributed by atoms with Gasteiger partial charge in [0.2, 0.25) is 11.8 Å². The maximum absolute atomic E-state index is 14.0. The van der Waals surface area contributed by atoms with Gasteiger partial charge in [0.1, 0.15) is 0 Å². The molecule has 4 aliphatic rings. The fraction of sp³-hybridized carbons (Fsp3) is 0.516. The number of amides is 2. The van der Waals surface area contributed by atoms with Crippen molar-refractivity contribution in [3.05, 3.63) is 65.9 Å². The Morgan fingerprint density at radius 3 is 2.24 bits per heavy atom. The largest absolute Gasteiger partial charge is 0.339 e. The quantitative estimate of drug-likeness (QED) is 0.535. The molecule has 202 valence electrons. The number of benzene rings is 1. The molecule has 3 heterocycles. The Morgan fingerprint density at radius 2 is 1.68 bits per heavy atom. The molecule has 5 rings (SSSR count). The molecule has 7 nitrogen and oxygen atoms in total. The van der Waals surface area contributed by atoms with Gasteiger partial charge in [0.05, 0.1) is 17.7 Å². The molecule has 1 aromatic rings. The maximum Gasteiger partial charge on any atom is 0.242 e. The number of piperidine rings is 1. The zero-order chi connectivity index (χ0) is 26.9. The minimum Gasteiger partial charge on any atom is -0.339 e. The Morgan fingerprint density at radius 1 is 1.03 bits per heavy atom. The van der Waals surface area contributed by atoms with E-state index >= 15 is 0 Å². The van der Waals surface area contributed by atoms with Crippen LogP contribution in [0.2, 0.25) is 0 Å². The number of carbonyl (C=O) groups is 3. The number of hydrogen-bond acceptors (Lipinski definition) is 5. The van der Waals surface area contributed by atoms with Gasteiger partial charge in [-0.2, -0.15) is 0 Å². The molecule has 0 radical (unpaired) electrons. The molecular formula is C31H40N4O3. The number of anilines is 1. The lowest BCUT2D eigenvalue weighted by Gasteiger charge is -2.43. The van der Waals surface area contributed by atoms with Crippen LogP contribution in [0.4, 0.5) is 5.69 Å². The van der Waals surface area contributed by atoms with E-state index in [9.17, 15) is 14.4 Å². The first-order valence-corrected chi connectivity index (χ1v) is 14.1. The van der Waals surface area contributed by atoms with Crippen LogP contribution in [0.1, 0.15) is 56.3 Å². The van der Waals surface area contributed by atoms with Crippen molar-refractivity contribution in [1.82, 2.24) is 14.7 Å². The van der Waals surface area contributed by atoms with Crippen LogP contribution in [0.5, 0.6) is 0 Å². The fourth-order valence-electron chi connectivity index (χ4n) is 6.28. The number of hydrogen-bond donors (Lipinski definition) is 0. The van der Waals surface area contributed by atoms with Crippen LogP contribution in [-0.4, -0.2) is 84.2 Å². The van der Waals surface area contributed by atoms with Crippen molar-refractivity contribution < 1.29 is 14.4 Å². The Hall–Kier alpha value is -3.03. The highest BCUT2D eigenvalue weighted by atomic mass is 16.2. The minimum absolute atomic E-state index is 0.00276. The van der Waals surface area contributed by atoms with Gasteiger partial charge < -0.3 is 4.90 Å². The van der Waals surface area contributed by atoms with E-state index in [1.165, 1.54) is 26.2 Å². The third-order valence-electron chi connectivity index (χ3n) is 9.05. The molecule has 2 amide bonds. The van der Waals surface area contributed by atoms with Crippen molar-refractivity contribution in [3.63, 3.8) is 0 Å². The SMILES string of the molecule is C=C1/C(=C\C=C/C)N(c2ccc(C(C)=O)cc2)C(=O)C12CCN(CC(=O)N1CCN(C3CCC3)CC1)CC2. The van der Waals surface area contributed by atoms with Crippen LogP contribution in [-0.2, 0) is 9.59 Å². The number of likely N-dealkylation sites (tertiary alicyclic amines) is 1. The van der Waals surface area contributed by atoms with E-state index in [2.05, 4.69) is 16.4 Å². The standard InChI is InChI=1S/C31H40N4O3/c1-4-5-9-28-23(2)31(30(38)35(28)27-12-10-25(11-13-27)24(3)36)14-16-32(17-15-31)22-29(37)34-20-18-33(19-21-34)26-7-6-8-26/h4-5,9-13,26H,2,6-8,14-22H2,1,3H3/b5-4-,28-9+. The Balaban J connectivity index is 1.24. The van der Waals surface area contributed by atoms with E-state index < -0.39 is 5.41 Å². The first-order chi connectivity index (χ1) is 18.3. The van der Waals surface area contributed by atoms with E-state index in [0.717, 1.165) is 49.2 Å². The van der Waals surface area contributed by atoms with E-state index in [4.69, 9.17) is 0 Å². The predicted molar refractivity (Wildman–Crippen MR) is 150 cm³/mol. The summed E-state index contributed by atoms with van der Waals surface area (Å²) in [5.41, 5.74) is 2.34. The smallest absolute Gasteiger partial charge is 0.242 e.